The molecule has 0 saturated carbocycles. The Morgan fingerprint density at radius 2 is 1.84 bits per heavy atom. The van der Waals surface area contributed by atoms with Crippen molar-refractivity contribution >= 4 is 46.5 Å². The van der Waals surface area contributed by atoms with Crippen molar-refractivity contribution in [2.75, 3.05) is 36.6 Å². The molecule has 4 heterocycles. The van der Waals surface area contributed by atoms with Crippen molar-refractivity contribution in [2.45, 2.75) is 32.6 Å². The number of hydrogen-bond donors (Lipinski definition) is 1. The molecule has 2 aromatic rings. The van der Waals surface area contributed by atoms with Crippen LogP contribution in [-0.4, -0.2) is 63.8 Å². The van der Waals surface area contributed by atoms with Crippen molar-refractivity contribution in [1.82, 2.24) is 14.8 Å². The molecule has 0 spiro atoms. The maximum absolute atomic E-state index is 13.1. The number of thioether (sulfide) groups is 1. The summed E-state index contributed by atoms with van der Waals surface area (Å²) in [5, 5.41) is 4.55. The molecule has 2 saturated heterocycles. The first kappa shape index (κ1) is 21.8. The van der Waals surface area contributed by atoms with E-state index in [9.17, 15) is 14.4 Å². The fourth-order valence-electron chi connectivity index (χ4n) is 4.08. The molecule has 1 N–H and O–H groups in total. The van der Waals surface area contributed by atoms with Crippen LogP contribution < -0.4 is 5.32 Å². The van der Waals surface area contributed by atoms with Gasteiger partial charge in [0.15, 0.2) is 0 Å². The number of hydrogen-bond acceptors (Lipinski definition) is 6. The van der Waals surface area contributed by atoms with Gasteiger partial charge in [-0.3, -0.25) is 19.4 Å². The molecular weight excluding hydrogens is 432 g/mol. The van der Waals surface area contributed by atoms with E-state index < -0.39 is 0 Å². The standard InChI is InChI=1S/C22H26N4O3S2/c1-14-3-4-17(21(28)26-10-12-30-13-26)19(23-14)16-5-8-25(9-6-16)22(29)20-18(7-11-31-20)24-15(2)27/h3-4,7,11,16H,5-6,8-10,12-13H2,1-2H3,(H,24,27). The van der Waals surface area contributed by atoms with E-state index in [2.05, 4.69) is 5.32 Å². The molecule has 4 rings (SSSR count). The molecule has 2 fully saturated rings. The van der Waals surface area contributed by atoms with Crippen LogP contribution in [0.2, 0.25) is 0 Å². The normalized spacial score (nSPS) is 17.1. The SMILES string of the molecule is CC(=O)Nc1ccsc1C(=O)N1CCC(c2nc(C)ccc2C(=O)N2CCSC2)CC1. The highest BCUT2D eigenvalue weighted by Crippen LogP contribution is 2.32. The molecule has 2 aliphatic heterocycles. The molecule has 0 aromatic carbocycles. The molecule has 0 aliphatic carbocycles. The van der Waals surface area contributed by atoms with Gasteiger partial charge in [0.1, 0.15) is 4.88 Å². The average molecular weight is 459 g/mol. The molecule has 164 valence electrons. The van der Waals surface area contributed by atoms with Gasteiger partial charge in [-0.05, 0) is 43.3 Å². The molecule has 0 radical (unpaired) electrons. The average Bonchev–Trinajstić information content (AvgIpc) is 3.45. The highest BCUT2D eigenvalue weighted by Gasteiger charge is 2.31. The second-order valence-electron chi connectivity index (χ2n) is 7.90. The molecule has 9 heteroatoms. The number of likely N-dealkylation sites (tertiary alicyclic amines) is 1. The van der Waals surface area contributed by atoms with E-state index in [1.54, 1.807) is 17.8 Å². The van der Waals surface area contributed by atoms with Crippen LogP contribution in [0.5, 0.6) is 0 Å². The zero-order valence-corrected chi connectivity index (χ0v) is 19.4. The van der Waals surface area contributed by atoms with Crippen molar-refractivity contribution in [3.8, 4) is 0 Å². The lowest BCUT2D eigenvalue weighted by Crippen LogP contribution is -2.38. The van der Waals surface area contributed by atoms with Gasteiger partial charge >= 0.3 is 0 Å². The third kappa shape index (κ3) is 4.77. The van der Waals surface area contributed by atoms with Crippen molar-refractivity contribution in [3.05, 3.63) is 45.4 Å². The smallest absolute Gasteiger partial charge is 0.266 e. The number of nitrogens with zero attached hydrogens (tertiary/aromatic N) is 3. The third-order valence-corrected chi connectivity index (χ3v) is 7.54. The van der Waals surface area contributed by atoms with Gasteiger partial charge in [0, 0.05) is 43.9 Å². The topological polar surface area (TPSA) is 82.6 Å². The van der Waals surface area contributed by atoms with Gasteiger partial charge in [-0.25, -0.2) is 0 Å². The number of carbonyl (C=O) groups is 3. The molecular formula is C22H26N4O3S2. The summed E-state index contributed by atoms with van der Waals surface area (Å²) in [5.74, 6) is 1.67. The highest BCUT2D eigenvalue weighted by atomic mass is 32.2. The van der Waals surface area contributed by atoms with Gasteiger partial charge in [0.25, 0.3) is 11.8 Å². The van der Waals surface area contributed by atoms with Crippen LogP contribution in [0.1, 0.15) is 57.1 Å². The first-order valence-corrected chi connectivity index (χ1v) is 12.5. The van der Waals surface area contributed by atoms with Crippen LogP contribution >= 0.6 is 23.1 Å². The maximum atomic E-state index is 13.1. The van der Waals surface area contributed by atoms with Gasteiger partial charge in [-0.2, -0.15) is 0 Å². The molecule has 3 amide bonds. The Bertz CT molecular complexity index is 992. The lowest BCUT2D eigenvalue weighted by molar-refractivity contribution is -0.114. The van der Waals surface area contributed by atoms with E-state index >= 15 is 0 Å². The fraction of sp³-hybridized carbons (Fsp3) is 0.455. The van der Waals surface area contributed by atoms with Crippen LogP contribution in [0.4, 0.5) is 5.69 Å². The minimum Gasteiger partial charge on any atom is -0.338 e. The zero-order chi connectivity index (χ0) is 22.0. The van der Waals surface area contributed by atoms with Gasteiger partial charge in [-0.1, -0.05) is 0 Å². The first-order chi connectivity index (χ1) is 14.9. The Balaban J connectivity index is 1.47. The van der Waals surface area contributed by atoms with Crippen molar-refractivity contribution in [1.29, 1.82) is 0 Å². The minimum absolute atomic E-state index is 0.0557. The molecule has 0 unspecified atom stereocenters. The number of aromatic nitrogens is 1. The number of amides is 3. The molecule has 2 aliphatic rings. The summed E-state index contributed by atoms with van der Waals surface area (Å²) in [6.45, 7) is 5.36. The first-order valence-electron chi connectivity index (χ1n) is 10.4. The summed E-state index contributed by atoms with van der Waals surface area (Å²) in [6, 6.07) is 5.57. The van der Waals surface area contributed by atoms with E-state index in [4.69, 9.17) is 4.98 Å². The van der Waals surface area contributed by atoms with E-state index in [0.29, 0.717) is 29.2 Å². The molecule has 31 heavy (non-hydrogen) atoms. The van der Waals surface area contributed by atoms with Crippen molar-refractivity contribution in [2.24, 2.45) is 0 Å². The third-order valence-electron chi connectivity index (χ3n) is 5.67. The van der Waals surface area contributed by atoms with Gasteiger partial charge in [-0.15, -0.1) is 23.1 Å². The fourth-order valence-corrected chi connectivity index (χ4v) is 5.84. The Kier molecular flexibility index (Phi) is 6.62. The Morgan fingerprint density at radius 1 is 1.06 bits per heavy atom. The van der Waals surface area contributed by atoms with Crippen LogP contribution in [0.25, 0.3) is 0 Å². The molecule has 2 aromatic heterocycles. The molecule has 0 atom stereocenters. The number of nitrogens with one attached hydrogen (secondary N) is 1. The molecule has 7 nitrogen and oxygen atoms in total. The Hall–Kier alpha value is -2.39. The summed E-state index contributed by atoms with van der Waals surface area (Å²) in [5.41, 5.74) is 3.04. The number of rotatable bonds is 4. The quantitative estimate of drug-likeness (QED) is 0.757. The number of aryl methyl sites for hydroxylation is 1. The summed E-state index contributed by atoms with van der Waals surface area (Å²) in [4.78, 5) is 46.5. The Morgan fingerprint density at radius 3 is 2.52 bits per heavy atom. The van der Waals surface area contributed by atoms with E-state index in [-0.39, 0.29) is 23.6 Å². The maximum Gasteiger partial charge on any atom is 0.266 e. The zero-order valence-electron chi connectivity index (χ0n) is 17.7. The van der Waals surface area contributed by atoms with E-state index in [1.807, 2.05) is 34.2 Å². The van der Waals surface area contributed by atoms with E-state index in [1.165, 1.54) is 18.3 Å². The largest absolute Gasteiger partial charge is 0.338 e. The van der Waals surface area contributed by atoms with Gasteiger partial charge in [0.2, 0.25) is 5.91 Å². The lowest BCUT2D eigenvalue weighted by atomic mass is 9.89. The summed E-state index contributed by atoms with van der Waals surface area (Å²) < 4.78 is 0. The highest BCUT2D eigenvalue weighted by molar-refractivity contribution is 7.99. The monoisotopic (exact) mass is 458 g/mol. The summed E-state index contributed by atoms with van der Waals surface area (Å²) >= 11 is 3.11. The number of thiophene rings is 1. The summed E-state index contributed by atoms with van der Waals surface area (Å²) in [7, 11) is 0. The second-order valence-corrected chi connectivity index (χ2v) is 9.89. The Labute approximate surface area is 190 Å². The van der Waals surface area contributed by atoms with Crippen molar-refractivity contribution in [3.63, 3.8) is 0 Å². The van der Waals surface area contributed by atoms with Gasteiger partial charge in [0.05, 0.1) is 22.8 Å². The van der Waals surface area contributed by atoms with Crippen LogP contribution in [-0.2, 0) is 4.79 Å². The number of piperidine rings is 1. The number of pyridine rings is 1. The number of anilines is 1. The number of carbonyl (C=O) groups excluding carboxylic acids is 3. The second kappa shape index (κ2) is 9.40. The van der Waals surface area contributed by atoms with Crippen LogP contribution in [0, 0.1) is 6.92 Å². The predicted molar refractivity (Wildman–Crippen MR) is 124 cm³/mol. The summed E-state index contributed by atoms with van der Waals surface area (Å²) in [6.07, 6.45) is 1.52. The van der Waals surface area contributed by atoms with Crippen molar-refractivity contribution < 1.29 is 14.4 Å². The van der Waals surface area contributed by atoms with Gasteiger partial charge < -0.3 is 15.1 Å². The van der Waals surface area contributed by atoms with Crippen LogP contribution in [0.3, 0.4) is 0 Å². The lowest BCUT2D eigenvalue weighted by Gasteiger charge is -2.32. The molecule has 0 bridgehead atoms. The van der Waals surface area contributed by atoms with Crippen LogP contribution in [0.15, 0.2) is 23.6 Å². The van der Waals surface area contributed by atoms with E-state index in [0.717, 1.165) is 42.4 Å². The predicted octanol–water partition coefficient (Wildman–Crippen LogP) is 3.58. The minimum atomic E-state index is -0.190.